The van der Waals surface area contributed by atoms with E-state index >= 15 is 0 Å². The zero-order chi connectivity index (χ0) is 14.3. The molecule has 0 aliphatic heterocycles. The smallest absolute Gasteiger partial charge is 0.0518 e. The van der Waals surface area contributed by atoms with Gasteiger partial charge in [0.1, 0.15) is 0 Å². The molecule has 1 saturated carbocycles. The molecule has 0 bridgehead atoms. The molecule has 1 aliphatic rings. The zero-order valence-electron chi connectivity index (χ0n) is 13.8. The van der Waals surface area contributed by atoms with Crippen molar-refractivity contribution in [2.24, 2.45) is 17.3 Å². The van der Waals surface area contributed by atoms with Gasteiger partial charge in [0.2, 0.25) is 0 Å². The number of hydrogen-bond donors (Lipinski definition) is 1. The van der Waals surface area contributed by atoms with Crippen molar-refractivity contribution in [3.05, 3.63) is 0 Å². The first-order chi connectivity index (χ1) is 8.89. The van der Waals surface area contributed by atoms with Gasteiger partial charge >= 0.3 is 0 Å². The maximum absolute atomic E-state index is 5.55. The normalized spacial score (nSPS) is 24.9. The van der Waals surface area contributed by atoms with E-state index < -0.39 is 0 Å². The second-order valence-corrected chi connectivity index (χ2v) is 7.56. The lowest BCUT2D eigenvalue weighted by Gasteiger charge is -2.37. The Morgan fingerprint density at radius 1 is 1.11 bits per heavy atom. The molecule has 1 N–H and O–H groups in total. The minimum Gasteiger partial charge on any atom is -0.379 e. The predicted octanol–water partition coefficient (Wildman–Crippen LogP) is 4.24. The van der Waals surface area contributed by atoms with Crippen LogP contribution in [0.2, 0.25) is 0 Å². The Labute approximate surface area is 120 Å². The van der Waals surface area contributed by atoms with Gasteiger partial charge in [0.25, 0.3) is 0 Å². The van der Waals surface area contributed by atoms with Gasteiger partial charge in [-0.1, -0.05) is 20.8 Å². The standard InChI is InChI=1S/C17H35NO/c1-14(2)19-12-6-11-18-13-15-7-9-16(10-8-15)17(3,4)5/h14-16,18H,6-13H2,1-5H3. The summed E-state index contributed by atoms with van der Waals surface area (Å²) in [5, 5.41) is 3.60. The van der Waals surface area contributed by atoms with Crippen molar-refractivity contribution < 1.29 is 4.74 Å². The van der Waals surface area contributed by atoms with Gasteiger partial charge in [-0.15, -0.1) is 0 Å². The fourth-order valence-electron chi connectivity index (χ4n) is 3.05. The lowest BCUT2D eigenvalue weighted by molar-refractivity contribution is 0.0767. The SMILES string of the molecule is CC(C)OCCCNCC1CCC(C(C)(C)C)CC1. The van der Waals surface area contributed by atoms with Crippen molar-refractivity contribution in [3.63, 3.8) is 0 Å². The van der Waals surface area contributed by atoms with Crippen LogP contribution in [0.4, 0.5) is 0 Å². The Bertz CT molecular complexity index is 224. The fraction of sp³-hybridized carbons (Fsp3) is 1.00. The lowest BCUT2D eigenvalue weighted by atomic mass is 9.70. The Hall–Kier alpha value is -0.0800. The van der Waals surface area contributed by atoms with E-state index in [-0.39, 0.29) is 0 Å². The number of nitrogens with one attached hydrogen (secondary N) is 1. The van der Waals surface area contributed by atoms with E-state index in [1.54, 1.807) is 0 Å². The maximum Gasteiger partial charge on any atom is 0.0518 e. The molecule has 0 spiro atoms. The molecule has 0 amide bonds. The van der Waals surface area contributed by atoms with Crippen LogP contribution in [0.5, 0.6) is 0 Å². The summed E-state index contributed by atoms with van der Waals surface area (Å²) >= 11 is 0. The summed E-state index contributed by atoms with van der Waals surface area (Å²) in [5.74, 6) is 1.84. The summed E-state index contributed by atoms with van der Waals surface area (Å²) in [6, 6.07) is 0. The number of rotatable bonds is 7. The molecular weight excluding hydrogens is 234 g/mol. The fourth-order valence-corrected chi connectivity index (χ4v) is 3.05. The average molecular weight is 269 g/mol. The second kappa shape index (κ2) is 8.26. The zero-order valence-corrected chi connectivity index (χ0v) is 13.8. The molecule has 0 aromatic rings. The van der Waals surface area contributed by atoms with E-state index in [0.717, 1.165) is 31.4 Å². The summed E-state index contributed by atoms with van der Waals surface area (Å²) in [4.78, 5) is 0. The van der Waals surface area contributed by atoms with E-state index in [1.807, 2.05) is 0 Å². The van der Waals surface area contributed by atoms with Crippen molar-refractivity contribution >= 4 is 0 Å². The third-order valence-corrected chi connectivity index (χ3v) is 4.45. The molecule has 0 aromatic heterocycles. The Kier molecular flexibility index (Phi) is 7.38. The second-order valence-electron chi connectivity index (χ2n) is 7.56. The Balaban J connectivity index is 2.01. The van der Waals surface area contributed by atoms with Crippen LogP contribution in [0.15, 0.2) is 0 Å². The molecule has 0 heterocycles. The first-order valence-electron chi connectivity index (χ1n) is 8.22. The maximum atomic E-state index is 5.55. The summed E-state index contributed by atoms with van der Waals surface area (Å²) in [5.41, 5.74) is 0.507. The van der Waals surface area contributed by atoms with Gasteiger partial charge in [0.15, 0.2) is 0 Å². The molecule has 1 fully saturated rings. The van der Waals surface area contributed by atoms with Gasteiger partial charge in [-0.3, -0.25) is 0 Å². The molecule has 19 heavy (non-hydrogen) atoms. The topological polar surface area (TPSA) is 21.3 Å². The van der Waals surface area contributed by atoms with Crippen LogP contribution in [0.25, 0.3) is 0 Å². The van der Waals surface area contributed by atoms with Gasteiger partial charge in [-0.2, -0.15) is 0 Å². The van der Waals surface area contributed by atoms with E-state index in [4.69, 9.17) is 4.74 Å². The van der Waals surface area contributed by atoms with Crippen molar-refractivity contribution in [1.82, 2.24) is 5.32 Å². The molecule has 2 heteroatoms. The van der Waals surface area contributed by atoms with Gasteiger partial charge in [-0.25, -0.2) is 0 Å². The Morgan fingerprint density at radius 3 is 2.26 bits per heavy atom. The van der Waals surface area contributed by atoms with Crippen LogP contribution in [0.1, 0.15) is 66.7 Å². The molecule has 114 valence electrons. The minimum atomic E-state index is 0.368. The largest absolute Gasteiger partial charge is 0.379 e. The van der Waals surface area contributed by atoms with Gasteiger partial charge in [-0.05, 0) is 76.3 Å². The summed E-state index contributed by atoms with van der Waals surface area (Å²) in [7, 11) is 0. The van der Waals surface area contributed by atoms with Crippen molar-refractivity contribution in [2.75, 3.05) is 19.7 Å². The molecule has 0 atom stereocenters. The monoisotopic (exact) mass is 269 g/mol. The molecule has 1 rings (SSSR count). The van der Waals surface area contributed by atoms with E-state index in [0.29, 0.717) is 11.5 Å². The van der Waals surface area contributed by atoms with Crippen molar-refractivity contribution in [2.45, 2.75) is 72.8 Å². The molecule has 2 nitrogen and oxygen atoms in total. The highest BCUT2D eigenvalue weighted by atomic mass is 16.5. The first-order valence-corrected chi connectivity index (χ1v) is 8.22. The van der Waals surface area contributed by atoms with Crippen LogP contribution >= 0.6 is 0 Å². The Morgan fingerprint density at radius 2 is 1.74 bits per heavy atom. The summed E-state index contributed by atoms with van der Waals surface area (Å²) in [6.45, 7) is 14.6. The highest BCUT2D eigenvalue weighted by Crippen LogP contribution is 2.39. The van der Waals surface area contributed by atoms with Crippen LogP contribution in [-0.4, -0.2) is 25.8 Å². The highest BCUT2D eigenvalue weighted by Gasteiger charge is 2.29. The third kappa shape index (κ3) is 7.31. The van der Waals surface area contributed by atoms with Crippen LogP contribution in [-0.2, 0) is 4.74 Å². The van der Waals surface area contributed by atoms with Gasteiger partial charge < -0.3 is 10.1 Å². The van der Waals surface area contributed by atoms with Gasteiger partial charge in [0.05, 0.1) is 6.10 Å². The molecule has 0 aromatic carbocycles. The molecular formula is C17H35NO. The molecule has 0 saturated heterocycles. The predicted molar refractivity (Wildman–Crippen MR) is 83.5 cm³/mol. The first kappa shape index (κ1) is 17.0. The number of ether oxygens (including phenoxy) is 1. The average Bonchev–Trinajstić information content (AvgIpc) is 2.32. The molecule has 0 unspecified atom stereocenters. The van der Waals surface area contributed by atoms with Crippen LogP contribution in [0, 0.1) is 17.3 Å². The van der Waals surface area contributed by atoms with Crippen LogP contribution < -0.4 is 5.32 Å². The van der Waals surface area contributed by atoms with E-state index in [1.165, 1.54) is 32.2 Å². The number of hydrogen-bond acceptors (Lipinski definition) is 2. The van der Waals surface area contributed by atoms with Crippen LogP contribution in [0.3, 0.4) is 0 Å². The van der Waals surface area contributed by atoms with Gasteiger partial charge in [0, 0.05) is 6.61 Å². The molecule has 0 radical (unpaired) electrons. The third-order valence-electron chi connectivity index (χ3n) is 4.45. The van der Waals surface area contributed by atoms with E-state index in [9.17, 15) is 0 Å². The molecule has 1 aliphatic carbocycles. The summed E-state index contributed by atoms with van der Waals surface area (Å²) < 4.78 is 5.55. The highest BCUT2D eigenvalue weighted by molar-refractivity contribution is 4.81. The van der Waals surface area contributed by atoms with E-state index in [2.05, 4.69) is 39.9 Å². The van der Waals surface area contributed by atoms with Crippen molar-refractivity contribution in [1.29, 1.82) is 0 Å². The minimum absolute atomic E-state index is 0.368. The summed E-state index contributed by atoms with van der Waals surface area (Å²) in [6.07, 6.45) is 7.18. The van der Waals surface area contributed by atoms with Crippen molar-refractivity contribution in [3.8, 4) is 0 Å². The quantitative estimate of drug-likeness (QED) is 0.698. The lowest BCUT2D eigenvalue weighted by Crippen LogP contribution is -2.31.